The number of ether oxygens (including phenoxy) is 1. The number of carboxylic acids is 1. The highest BCUT2D eigenvalue weighted by molar-refractivity contribution is 5.89. The molecule has 1 aliphatic rings. The van der Waals surface area contributed by atoms with Gasteiger partial charge >= 0.3 is 5.97 Å². The van der Waals surface area contributed by atoms with E-state index in [1.807, 2.05) is 18.2 Å². The Kier molecular flexibility index (Phi) is 2.90. The van der Waals surface area contributed by atoms with E-state index in [2.05, 4.69) is 13.8 Å². The molecule has 0 saturated heterocycles. The molecule has 21 heavy (non-hydrogen) atoms. The van der Waals surface area contributed by atoms with Gasteiger partial charge in [-0.15, -0.1) is 0 Å². The first kappa shape index (κ1) is 13.5. The van der Waals surface area contributed by atoms with E-state index in [-0.39, 0.29) is 16.7 Å². The molecule has 0 amide bonds. The van der Waals surface area contributed by atoms with Gasteiger partial charge in [0.25, 0.3) is 0 Å². The number of aromatic hydroxyl groups is 1. The normalized spacial score (nSPS) is 15.3. The van der Waals surface area contributed by atoms with E-state index in [1.165, 1.54) is 12.1 Å². The van der Waals surface area contributed by atoms with Crippen molar-refractivity contribution >= 4 is 5.97 Å². The molecular formula is C17H16O4. The number of rotatable bonds is 2. The minimum Gasteiger partial charge on any atom is -0.507 e. The Morgan fingerprint density at radius 2 is 1.95 bits per heavy atom. The molecule has 2 aromatic rings. The number of phenols is 1. The largest absolute Gasteiger partial charge is 0.507 e. The summed E-state index contributed by atoms with van der Waals surface area (Å²) in [7, 11) is 0. The minimum absolute atomic E-state index is 0.0356. The lowest BCUT2D eigenvalue weighted by molar-refractivity contribution is 0.0696. The smallest absolute Gasteiger partial charge is 0.335 e. The van der Waals surface area contributed by atoms with Gasteiger partial charge in [0.05, 0.1) is 12.2 Å². The van der Waals surface area contributed by atoms with E-state index in [9.17, 15) is 9.90 Å². The summed E-state index contributed by atoms with van der Waals surface area (Å²) >= 11 is 0. The van der Waals surface area contributed by atoms with Gasteiger partial charge in [-0.2, -0.15) is 0 Å². The zero-order valence-corrected chi connectivity index (χ0v) is 11.9. The zero-order valence-electron chi connectivity index (χ0n) is 11.9. The van der Waals surface area contributed by atoms with Crippen LogP contribution in [-0.2, 0) is 5.41 Å². The van der Waals surface area contributed by atoms with Crippen LogP contribution in [0, 0.1) is 0 Å². The average molecular weight is 284 g/mol. The standard InChI is InChI=1S/C17H16O4/c1-17(2)9-21-15-6-4-10(7-13(15)17)12-5-3-11(16(19)20)8-14(12)18/h3-8,18H,9H2,1-2H3,(H,19,20). The van der Waals surface area contributed by atoms with Crippen LogP contribution in [0.2, 0.25) is 0 Å². The van der Waals surface area contributed by atoms with E-state index in [0.29, 0.717) is 12.2 Å². The maximum Gasteiger partial charge on any atom is 0.335 e. The zero-order chi connectivity index (χ0) is 15.2. The van der Waals surface area contributed by atoms with Gasteiger partial charge in [-0.05, 0) is 35.9 Å². The van der Waals surface area contributed by atoms with Crippen LogP contribution < -0.4 is 4.74 Å². The molecule has 0 unspecified atom stereocenters. The Morgan fingerprint density at radius 3 is 2.62 bits per heavy atom. The second-order valence-electron chi connectivity index (χ2n) is 5.92. The van der Waals surface area contributed by atoms with Crippen molar-refractivity contribution in [3.05, 3.63) is 47.5 Å². The van der Waals surface area contributed by atoms with E-state index in [0.717, 1.165) is 16.9 Å². The van der Waals surface area contributed by atoms with Crippen molar-refractivity contribution in [2.24, 2.45) is 0 Å². The van der Waals surface area contributed by atoms with Crippen LogP contribution in [0.1, 0.15) is 29.8 Å². The van der Waals surface area contributed by atoms with Crippen molar-refractivity contribution in [2.45, 2.75) is 19.3 Å². The molecule has 0 aliphatic carbocycles. The second kappa shape index (κ2) is 4.52. The molecule has 1 heterocycles. The lowest BCUT2D eigenvalue weighted by Gasteiger charge is -2.16. The van der Waals surface area contributed by atoms with Crippen LogP contribution in [0.5, 0.6) is 11.5 Å². The SMILES string of the molecule is CC1(C)COc2ccc(-c3ccc(C(=O)O)cc3O)cc21. The molecule has 0 fully saturated rings. The first-order valence-electron chi connectivity index (χ1n) is 6.72. The summed E-state index contributed by atoms with van der Waals surface area (Å²) in [5.41, 5.74) is 2.57. The first-order chi connectivity index (χ1) is 9.88. The third-order valence-corrected chi connectivity index (χ3v) is 3.85. The van der Waals surface area contributed by atoms with Gasteiger partial charge < -0.3 is 14.9 Å². The van der Waals surface area contributed by atoms with Crippen LogP contribution in [0.4, 0.5) is 0 Å². The maximum absolute atomic E-state index is 10.9. The molecular weight excluding hydrogens is 268 g/mol. The monoisotopic (exact) mass is 284 g/mol. The molecule has 3 rings (SSSR count). The van der Waals surface area contributed by atoms with Gasteiger partial charge in [0.2, 0.25) is 0 Å². The number of aromatic carboxylic acids is 1. The first-order valence-corrected chi connectivity index (χ1v) is 6.72. The summed E-state index contributed by atoms with van der Waals surface area (Å²) in [4.78, 5) is 10.9. The van der Waals surface area contributed by atoms with Gasteiger partial charge in [-0.25, -0.2) is 4.79 Å². The number of hydrogen-bond donors (Lipinski definition) is 2. The molecule has 0 bridgehead atoms. The van der Waals surface area contributed by atoms with Gasteiger partial charge in [-0.1, -0.05) is 19.9 Å². The topological polar surface area (TPSA) is 66.8 Å². The molecule has 0 spiro atoms. The van der Waals surface area contributed by atoms with Gasteiger partial charge in [0.1, 0.15) is 11.5 Å². The predicted molar refractivity (Wildman–Crippen MR) is 79.0 cm³/mol. The van der Waals surface area contributed by atoms with Crippen molar-refractivity contribution in [3.63, 3.8) is 0 Å². The van der Waals surface area contributed by atoms with Crippen molar-refractivity contribution in [1.29, 1.82) is 0 Å². The highest BCUT2D eigenvalue weighted by atomic mass is 16.5. The predicted octanol–water partition coefficient (Wildman–Crippen LogP) is 3.43. The van der Waals surface area contributed by atoms with Crippen LogP contribution in [0.15, 0.2) is 36.4 Å². The number of phenolic OH excluding ortho intramolecular Hbond substituents is 1. The summed E-state index contributed by atoms with van der Waals surface area (Å²) in [6.45, 7) is 4.85. The van der Waals surface area contributed by atoms with E-state index < -0.39 is 5.97 Å². The van der Waals surface area contributed by atoms with E-state index in [4.69, 9.17) is 9.84 Å². The summed E-state index contributed by atoms with van der Waals surface area (Å²) in [6.07, 6.45) is 0. The number of fused-ring (bicyclic) bond motifs is 1. The molecule has 4 nitrogen and oxygen atoms in total. The van der Waals surface area contributed by atoms with Gasteiger partial charge in [0, 0.05) is 16.5 Å². The van der Waals surface area contributed by atoms with Crippen LogP contribution >= 0.6 is 0 Å². The average Bonchev–Trinajstić information content (AvgIpc) is 2.74. The van der Waals surface area contributed by atoms with Gasteiger partial charge in [-0.3, -0.25) is 0 Å². The number of carboxylic acid groups (broad SMARTS) is 1. The van der Waals surface area contributed by atoms with Crippen molar-refractivity contribution in [2.75, 3.05) is 6.61 Å². The fourth-order valence-corrected chi connectivity index (χ4v) is 2.60. The van der Waals surface area contributed by atoms with Crippen LogP contribution in [0.3, 0.4) is 0 Å². The Hall–Kier alpha value is -2.49. The Morgan fingerprint density at radius 1 is 1.19 bits per heavy atom. The van der Waals surface area contributed by atoms with Crippen LogP contribution in [-0.4, -0.2) is 22.8 Å². The molecule has 2 N–H and O–H groups in total. The molecule has 0 radical (unpaired) electrons. The lowest BCUT2D eigenvalue weighted by Crippen LogP contribution is -2.18. The third kappa shape index (κ3) is 2.23. The number of benzene rings is 2. The van der Waals surface area contributed by atoms with Crippen molar-refractivity contribution in [1.82, 2.24) is 0 Å². The quantitative estimate of drug-likeness (QED) is 0.886. The van der Waals surface area contributed by atoms with Gasteiger partial charge in [0.15, 0.2) is 0 Å². The summed E-state index contributed by atoms with van der Waals surface area (Å²) in [5, 5.41) is 19.0. The summed E-state index contributed by atoms with van der Waals surface area (Å²) in [6, 6.07) is 10.2. The Labute approximate surface area is 122 Å². The Bertz CT molecular complexity index is 732. The van der Waals surface area contributed by atoms with Crippen LogP contribution in [0.25, 0.3) is 11.1 Å². The summed E-state index contributed by atoms with van der Waals surface area (Å²) in [5.74, 6) is -0.225. The fourth-order valence-electron chi connectivity index (χ4n) is 2.60. The van der Waals surface area contributed by atoms with E-state index in [1.54, 1.807) is 6.07 Å². The third-order valence-electron chi connectivity index (χ3n) is 3.85. The lowest BCUT2D eigenvalue weighted by atomic mass is 9.85. The molecule has 0 aromatic heterocycles. The fraction of sp³-hybridized carbons (Fsp3) is 0.235. The molecule has 0 atom stereocenters. The molecule has 108 valence electrons. The highest BCUT2D eigenvalue weighted by Crippen LogP contribution is 2.41. The highest BCUT2D eigenvalue weighted by Gasteiger charge is 2.32. The van der Waals surface area contributed by atoms with Crippen molar-refractivity contribution in [3.8, 4) is 22.6 Å². The summed E-state index contributed by atoms with van der Waals surface area (Å²) < 4.78 is 5.65. The molecule has 0 saturated carbocycles. The molecule has 4 heteroatoms. The number of hydrogen-bond acceptors (Lipinski definition) is 3. The minimum atomic E-state index is -1.06. The molecule has 1 aliphatic heterocycles. The Balaban J connectivity index is 2.08. The molecule has 2 aromatic carbocycles. The number of carbonyl (C=O) groups is 1. The van der Waals surface area contributed by atoms with Crippen molar-refractivity contribution < 1.29 is 19.7 Å². The maximum atomic E-state index is 10.9. The second-order valence-corrected chi connectivity index (χ2v) is 5.92. The van der Waals surface area contributed by atoms with E-state index >= 15 is 0 Å².